The molecule has 0 aliphatic carbocycles. The highest BCUT2D eigenvalue weighted by Gasteiger charge is 2.14. The maximum atomic E-state index is 13.9. The fourth-order valence-electron chi connectivity index (χ4n) is 2.17. The van der Waals surface area contributed by atoms with E-state index < -0.39 is 6.04 Å². The predicted molar refractivity (Wildman–Crippen MR) is 84.3 cm³/mol. The normalized spacial score (nSPS) is 12.0. The summed E-state index contributed by atoms with van der Waals surface area (Å²) < 4.78 is 25.1. The van der Waals surface area contributed by atoms with E-state index in [-0.39, 0.29) is 5.82 Å². The first kappa shape index (κ1) is 15.8. The van der Waals surface area contributed by atoms with Crippen molar-refractivity contribution in [3.63, 3.8) is 0 Å². The average molecular weight is 354 g/mol. The van der Waals surface area contributed by atoms with Crippen LogP contribution in [0.1, 0.15) is 17.2 Å². The number of benzene rings is 2. The first-order valence-electron chi connectivity index (χ1n) is 6.46. The van der Waals surface area contributed by atoms with Crippen molar-refractivity contribution in [1.29, 1.82) is 0 Å². The number of methoxy groups -OCH3 is 2. The Labute approximate surface area is 132 Å². The van der Waals surface area contributed by atoms with Crippen LogP contribution in [0.25, 0.3) is 0 Å². The molecule has 0 heterocycles. The Morgan fingerprint density at radius 3 is 2.43 bits per heavy atom. The summed E-state index contributed by atoms with van der Waals surface area (Å²) in [5, 5.41) is 0. The molecule has 5 heteroatoms. The van der Waals surface area contributed by atoms with Crippen LogP contribution in [0.4, 0.5) is 4.39 Å². The Kier molecular flexibility index (Phi) is 5.20. The predicted octanol–water partition coefficient (Wildman–Crippen LogP) is 3.85. The first-order chi connectivity index (χ1) is 10.0. The molecule has 21 heavy (non-hydrogen) atoms. The van der Waals surface area contributed by atoms with E-state index >= 15 is 0 Å². The quantitative estimate of drug-likeness (QED) is 0.887. The average Bonchev–Trinajstić information content (AvgIpc) is 2.46. The van der Waals surface area contributed by atoms with Gasteiger partial charge in [-0.05, 0) is 36.2 Å². The van der Waals surface area contributed by atoms with Crippen LogP contribution in [0.3, 0.4) is 0 Å². The van der Waals surface area contributed by atoms with E-state index in [1.807, 2.05) is 18.2 Å². The van der Waals surface area contributed by atoms with Crippen LogP contribution < -0.4 is 15.2 Å². The van der Waals surface area contributed by atoms with Gasteiger partial charge in [0, 0.05) is 16.1 Å². The number of rotatable bonds is 5. The summed E-state index contributed by atoms with van der Waals surface area (Å²) in [6, 6.07) is 10.1. The van der Waals surface area contributed by atoms with Crippen molar-refractivity contribution in [1.82, 2.24) is 0 Å². The summed E-state index contributed by atoms with van der Waals surface area (Å²) in [6.07, 6.45) is 0.513. The van der Waals surface area contributed by atoms with Gasteiger partial charge in [-0.2, -0.15) is 0 Å². The molecule has 0 saturated heterocycles. The van der Waals surface area contributed by atoms with Crippen molar-refractivity contribution in [3.05, 3.63) is 57.8 Å². The highest BCUT2D eigenvalue weighted by Crippen LogP contribution is 2.29. The standard InChI is InChI=1S/C16H17BrFNO2/c1-20-15-6-3-10(8-16(15)21-2)7-14(19)12-5-4-11(17)9-13(12)18/h3-6,8-9,14H,7,19H2,1-2H3. The van der Waals surface area contributed by atoms with Gasteiger partial charge in [-0.1, -0.05) is 28.1 Å². The lowest BCUT2D eigenvalue weighted by Gasteiger charge is -2.15. The van der Waals surface area contributed by atoms with Crippen LogP contribution >= 0.6 is 15.9 Å². The van der Waals surface area contributed by atoms with Gasteiger partial charge in [0.1, 0.15) is 5.82 Å². The van der Waals surface area contributed by atoms with E-state index in [2.05, 4.69) is 15.9 Å². The van der Waals surface area contributed by atoms with Gasteiger partial charge < -0.3 is 15.2 Å². The molecule has 1 unspecified atom stereocenters. The number of hydrogen-bond donors (Lipinski definition) is 1. The molecule has 2 aromatic carbocycles. The second-order valence-electron chi connectivity index (χ2n) is 4.67. The molecule has 3 nitrogen and oxygen atoms in total. The monoisotopic (exact) mass is 353 g/mol. The third kappa shape index (κ3) is 3.74. The van der Waals surface area contributed by atoms with Gasteiger partial charge in [-0.25, -0.2) is 4.39 Å². The van der Waals surface area contributed by atoms with Crippen molar-refractivity contribution in [2.24, 2.45) is 5.73 Å². The van der Waals surface area contributed by atoms with Gasteiger partial charge in [0.25, 0.3) is 0 Å². The summed E-state index contributed by atoms with van der Waals surface area (Å²) in [5.74, 6) is 0.987. The lowest BCUT2D eigenvalue weighted by atomic mass is 9.99. The Morgan fingerprint density at radius 2 is 1.81 bits per heavy atom. The minimum absolute atomic E-state index is 0.308. The minimum Gasteiger partial charge on any atom is -0.493 e. The second kappa shape index (κ2) is 6.91. The molecule has 0 aromatic heterocycles. The number of nitrogens with two attached hydrogens (primary N) is 1. The van der Waals surface area contributed by atoms with Crippen LogP contribution in [0, 0.1) is 5.82 Å². The van der Waals surface area contributed by atoms with Crippen molar-refractivity contribution in [2.75, 3.05) is 14.2 Å². The Balaban J connectivity index is 2.21. The van der Waals surface area contributed by atoms with Crippen molar-refractivity contribution >= 4 is 15.9 Å². The molecule has 0 spiro atoms. The first-order valence-corrected chi connectivity index (χ1v) is 7.26. The van der Waals surface area contributed by atoms with Crippen LogP contribution in [0.15, 0.2) is 40.9 Å². The maximum Gasteiger partial charge on any atom is 0.160 e. The number of halogens is 2. The molecule has 0 aliphatic heterocycles. The molecular weight excluding hydrogens is 337 g/mol. The van der Waals surface area contributed by atoms with Crippen LogP contribution in [0.5, 0.6) is 11.5 Å². The Hall–Kier alpha value is -1.59. The van der Waals surface area contributed by atoms with Gasteiger partial charge >= 0.3 is 0 Å². The zero-order chi connectivity index (χ0) is 15.4. The second-order valence-corrected chi connectivity index (χ2v) is 5.58. The van der Waals surface area contributed by atoms with E-state index in [4.69, 9.17) is 15.2 Å². The number of hydrogen-bond acceptors (Lipinski definition) is 3. The molecule has 2 rings (SSSR count). The van der Waals surface area contributed by atoms with Crippen molar-refractivity contribution in [2.45, 2.75) is 12.5 Å². The Morgan fingerprint density at radius 1 is 1.10 bits per heavy atom. The molecule has 1 atom stereocenters. The molecule has 0 bridgehead atoms. The molecule has 0 saturated carbocycles. The van der Waals surface area contributed by atoms with Crippen LogP contribution in [-0.2, 0) is 6.42 Å². The summed E-state index contributed by atoms with van der Waals surface area (Å²) >= 11 is 3.24. The van der Waals surface area contributed by atoms with E-state index in [0.29, 0.717) is 28.0 Å². The molecule has 112 valence electrons. The van der Waals surface area contributed by atoms with Crippen molar-refractivity contribution in [3.8, 4) is 11.5 Å². The SMILES string of the molecule is COc1ccc(CC(N)c2ccc(Br)cc2F)cc1OC. The molecule has 2 N–H and O–H groups in total. The zero-order valence-corrected chi connectivity index (χ0v) is 13.5. The van der Waals surface area contributed by atoms with Gasteiger partial charge in [0.15, 0.2) is 11.5 Å². The van der Waals surface area contributed by atoms with E-state index in [9.17, 15) is 4.39 Å². The largest absolute Gasteiger partial charge is 0.493 e. The summed E-state index contributed by atoms with van der Waals surface area (Å²) in [4.78, 5) is 0. The van der Waals surface area contributed by atoms with E-state index in [1.165, 1.54) is 6.07 Å². The van der Waals surface area contributed by atoms with E-state index in [0.717, 1.165) is 5.56 Å². The zero-order valence-electron chi connectivity index (χ0n) is 11.9. The smallest absolute Gasteiger partial charge is 0.160 e. The van der Waals surface area contributed by atoms with Gasteiger partial charge in [-0.3, -0.25) is 0 Å². The maximum absolute atomic E-state index is 13.9. The van der Waals surface area contributed by atoms with Crippen LogP contribution in [0.2, 0.25) is 0 Å². The fraction of sp³-hybridized carbons (Fsp3) is 0.250. The Bertz CT molecular complexity index is 634. The third-order valence-electron chi connectivity index (χ3n) is 3.27. The number of ether oxygens (including phenoxy) is 2. The summed E-state index contributed by atoms with van der Waals surface area (Å²) in [5.41, 5.74) is 7.57. The fourth-order valence-corrected chi connectivity index (χ4v) is 2.51. The molecular formula is C16H17BrFNO2. The summed E-state index contributed by atoms with van der Waals surface area (Å²) in [6.45, 7) is 0. The molecule has 0 amide bonds. The van der Waals surface area contributed by atoms with E-state index in [1.54, 1.807) is 26.4 Å². The molecule has 0 fully saturated rings. The van der Waals surface area contributed by atoms with Gasteiger partial charge in [0.05, 0.1) is 14.2 Å². The highest BCUT2D eigenvalue weighted by atomic mass is 79.9. The summed E-state index contributed by atoms with van der Waals surface area (Å²) in [7, 11) is 3.16. The van der Waals surface area contributed by atoms with Crippen molar-refractivity contribution < 1.29 is 13.9 Å². The minimum atomic E-state index is -0.420. The topological polar surface area (TPSA) is 44.5 Å². The third-order valence-corrected chi connectivity index (χ3v) is 3.76. The molecule has 0 radical (unpaired) electrons. The lowest BCUT2D eigenvalue weighted by Crippen LogP contribution is -2.15. The van der Waals surface area contributed by atoms with Gasteiger partial charge in [-0.15, -0.1) is 0 Å². The van der Waals surface area contributed by atoms with Crippen LogP contribution in [-0.4, -0.2) is 14.2 Å². The highest BCUT2D eigenvalue weighted by molar-refractivity contribution is 9.10. The molecule has 0 aliphatic rings. The lowest BCUT2D eigenvalue weighted by molar-refractivity contribution is 0.354. The van der Waals surface area contributed by atoms with Gasteiger partial charge in [0.2, 0.25) is 0 Å². The molecule has 2 aromatic rings.